The largest absolute Gasteiger partial charge is 0.374 e. The van der Waals surface area contributed by atoms with E-state index in [4.69, 9.17) is 15.2 Å². The Labute approximate surface area is 83.9 Å². The minimum Gasteiger partial charge on any atom is -0.374 e. The molecule has 4 aliphatic rings. The SMILES string of the molecule is NCC12C3CCC(O3)C1C1CCC2O1. The predicted molar refractivity (Wildman–Crippen MR) is 50.8 cm³/mol. The highest BCUT2D eigenvalue weighted by molar-refractivity contribution is 5.18. The molecule has 14 heavy (non-hydrogen) atoms. The van der Waals surface area contributed by atoms with Crippen LogP contribution in [0, 0.1) is 11.3 Å². The molecule has 4 aliphatic heterocycles. The van der Waals surface area contributed by atoms with Crippen molar-refractivity contribution >= 4 is 0 Å². The molecule has 4 unspecified atom stereocenters. The van der Waals surface area contributed by atoms with Crippen molar-refractivity contribution in [3.05, 3.63) is 0 Å². The van der Waals surface area contributed by atoms with Gasteiger partial charge in [-0.05, 0) is 25.7 Å². The molecule has 4 atom stereocenters. The summed E-state index contributed by atoms with van der Waals surface area (Å²) in [6.07, 6.45) is 6.68. The van der Waals surface area contributed by atoms with Crippen molar-refractivity contribution in [1.82, 2.24) is 0 Å². The average Bonchev–Trinajstić information content (AvgIpc) is 2.95. The van der Waals surface area contributed by atoms with Gasteiger partial charge in [0.05, 0.1) is 24.4 Å². The molecule has 78 valence electrons. The van der Waals surface area contributed by atoms with E-state index in [1.165, 1.54) is 25.7 Å². The average molecular weight is 195 g/mol. The van der Waals surface area contributed by atoms with Gasteiger partial charge in [-0.3, -0.25) is 0 Å². The molecule has 0 aliphatic carbocycles. The van der Waals surface area contributed by atoms with Gasteiger partial charge in [-0.2, -0.15) is 0 Å². The van der Waals surface area contributed by atoms with Crippen LogP contribution in [0.1, 0.15) is 25.7 Å². The Kier molecular flexibility index (Phi) is 1.35. The summed E-state index contributed by atoms with van der Waals surface area (Å²) in [5.41, 5.74) is 6.24. The van der Waals surface area contributed by atoms with E-state index in [0.29, 0.717) is 30.3 Å². The van der Waals surface area contributed by atoms with E-state index in [9.17, 15) is 0 Å². The van der Waals surface area contributed by atoms with Crippen molar-refractivity contribution in [1.29, 1.82) is 0 Å². The Morgan fingerprint density at radius 2 is 1.57 bits per heavy atom. The molecule has 0 saturated carbocycles. The number of hydrogen-bond donors (Lipinski definition) is 1. The van der Waals surface area contributed by atoms with Gasteiger partial charge in [-0.15, -0.1) is 0 Å². The second kappa shape index (κ2) is 2.34. The highest BCUT2D eigenvalue weighted by Crippen LogP contribution is 2.63. The molecular weight excluding hydrogens is 178 g/mol. The van der Waals surface area contributed by atoms with Crippen LogP contribution in [-0.2, 0) is 9.47 Å². The number of hydrogen-bond acceptors (Lipinski definition) is 3. The number of nitrogens with two attached hydrogens (primary N) is 1. The second-order valence-electron chi connectivity index (χ2n) is 5.32. The lowest BCUT2D eigenvalue weighted by Crippen LogP contribution is -2.52. The Morgan fingerprint density at radius 1 is 1.00 bits per heavy atom. The van der Waals surface area contributed by atoms with Crippen LogP contribution < -0.4 is 5.73 Å². The zero-order chi connectivity index (χ0) is 9.34. The van der Waals surface area contributed by atoms with Gasteiger partial charge in [0, 0.05) is 17.9 Å². The lowest BCUT2D eigenvalue weighted by atomic mass is 9.59. The van der Waals surface area contributed by atoms with E-state index in [1.807, 2.05) is 0 Å². The van der Waals surface area contributed by atoms with Gasteiger partial charge in [-0.1, -0.05) is 0 Å². The van der Waals surface area contributed by atoms with Gasteiger partial charge < -0.3 is 15.2 Å². The molecule has 4 bridgehead atoms. The minimum absolute atomic E-state index is 0.214. The van der Waals surface area contributed by atoms with E-state index in [-0.39, 0.29) is 5.41 Å². The van der Waals surface area contributed by atoms with Gasteiger partial charge in [-0.25, -0.2) is 0 Å². The fourth-order valence-electron chi connectivity index (χ4n) is 4.61. The molecule has 0 aromatic heterocycles. The molecule has 4 heterocycles. The fourth-order valence-corrected chi connectivity index (χ4v) is 4.61. The summed E-state index contributed by atoms with van der Waals surface area (Å²) in [6.45, 7) is 0.764. The van der Waals surface area contributed by atoms with Crippen LogP contribution in [0.4, 0.5) is 0 Å². The monoisotopic (exact) mass is 195 g/mol. The molecule has 3 heteroatoms. The summed E-state index contributed by atoms with van der Waals surface area (Å²) in [6, 6.07) is 0. The lowest BCUT2D eigenvalue weighted by molar-refractivity contribution is -0.0166. The first-order valence-electron chi connectivity index (χ1n) is 5.87. The van der Waals surface area contributed by atoms with Crippen molar-refractivity contribution in [3.8, 4) is 0 Å². The van der Waals surface area contributed by atoms with Gasteiger partial charge >= 0.3 is 0 Å². The third-order valence-corrected chi connectivity index (χ3v) is 5.08. The summed E-state index contributed by atoms with van der Waals surface area (Å²) in [5, 5.41) is 0. The smallest absolute Gasteiger partial charge is 0.0677 e. The quantitative estimate of drug-likeness (QED) is 0.669. The molecule has 0 amide bonds. The standard InChI is InChI=1S/C11H17NO2/c12-5-11-8-3-1-6(13-8)10(11)7-2-4-9(11)14-7/h6-10H,1-5,12H2. The van der Waals surface area contributed by atoms with Crippen molar-refractivity contribution < 1.29 is 9.47 Å². The third-order valence-electron chi connectivity index (χ3n) is 5.08. The highest BCUT2D eigenvalue weighted by Gasteiger charge is 2.70. The predicted octanol–water partition coefficient (Wildman–Crippen LogP) is 0.670. The van der Waals surface area contributed by atoms with Crippen LogP contribution >= 0.6 is 0 Å². The zero-order valence-electron chi connectivity index (χ0n) is 8.32. The maximum Gasteiger partial charge on any atom is 0.0677 e. The summed E-state index contributed by atoms with van der Waals surface area (Å²) in [7, 11) is 0. The molecule has 0 aromatic carbocycles. The highest BCUT2D eigenvalue weighted by atomic mass is 16.5. The molecular formula is C11H17NO2. The van der Waals surface area contributed by atoms with Crippen molar-refractivity contribution in [2.45, 2.75) is 50.1 Å². The first-order chi connectivity index (χ1) is 6.86. The van der Waals surface area contributed by atoms with Crippen LogP contribution in [0.3, 0.4) is 0 Å². The Bertz CT molecular complexity index is 258. The van der Waals surface area contributed by atoms with E-state index in [1.54, 1.807) is 0 Å². The Hall–Kier alpha value is -0.120. The molecule has 0 spiro atoms. The van der Waals surface area contributed by atoms with Crippen molar-refractivity contribution in [3.63, 3.8) is 0 Å². The second-order valence-corrected chi connectivity index (χ2v) is 5.32. The molecule has 4 rings (SSSR count). The van der Waals surface area contributed by atoms with Gasteiger partial charge in [0.1, 0.15) is 0 Å². The normalized spacial score (nSPS) is 63.6. The molecule has 0 aromatic rings. The first-order valence-corrected chi connectivity index (χ1v) is 5.87. The van der Waals surface area contributed by atoms with E-state index < -0.39 is 0 Å². The van der Waals surface area contributed by atoms with Crippen LogP contribution in [0.25, 0.3) is 0 Å². The molecule has 4 saturated heterocycles. The van der Waals surface area contributed by atoms with Gasteiger partial charge in [0.2, 0.25) is 0 Å². The third kappa shape index (κ3) is 0.640. The summed E-state index contributed by atoms with van der Waals surface area (Å²) in [5.74, 6) is 0.630. The van der Waals surface area contributed by atoms with Crippen LogP contribution in [-0.4, -0.2) is 31.0 Å². The Morgan fingerprint density at radius 3 is 2.00 bits per heavy atom. The maximum absolute atomic E-state index is 6.05. The topological polar surface area (TPSA) is 44.5 Å². The molecule has 3 nitrogen and oxygen atoms in total. The number of rotatable bonds is 1. The first kappa shape index (κ1) is 8.08. The lowest BCUT2D eigenvalue weighted by Gasteiger charge is -2.41. The van der Waals surface area contributed by atoms with Crippen LogP contribution in [0.15, 0.2) is 0 Å². The van der Waals surface area contributed by atoms with Gasteiger partial charge in [0.25, 0.3) is 0 Å². The van der Waals surface area contributed by atoms with Crippen LogP contribution in [0.2, 0.25) is 0 Å². The minimum atomic E-state index is 0.214. The van der Waals surface area contributed by atoms with Gasteiger partial charge in [0.15, 0.2) is 0 Å². The molecule has 4 fully saturated rings. The van der Waals surface area contributed by atoms with Crippen molar-refractivity contribution in [2.24, 2.45) is 17.1 Å². The van der Waals surface area contributed by atoms with E-state index in [2.05, 4.69) is 0 Å². The number of fused-ring (bicyclic) bond motifs is 9. The fraction of sp³-hybridized carbons (Fsp3) is 1.00. The molecule has 0 radical (unpaired) electrons. The maximum atomic E-state index is 6.05. The summed E-state index contributed by atoms with van der Waals surface area (Å²) < 4.78 is 12.1. The van der Waals surface area contributed by atoms with Crippen molar-refractivity contribution in [2.75, 3.05) is 6.54 Å². The zero-order valence-corrected chi connectivity index (χ0v) is 8.32. The number of ether oxygens (including phenoxy) is 2. The summed E-state index contributed by atoms with van der Waals surface area (Å²) in [4.78, 5) is 0. The van der Waals surface area contributed by atoms with E-state index in [0.717, 1.165) is 6.54 Å². The van der Waals surface area contributed by atoms with E-state index >= 15 is 0 Å². The summed E-state index contributed by atoms with van der Waals surface area (Å²) >= 11 is 0. The van der Waals surface area contributed by atoms with Crippen LogP contribution in [0.5, 0.6) is 0 Å². The molecule has 2 N–H and O–H groups in total. The Balaban J connectivity index is 1.83.